The van der Waals surface area contributed by atoms with Crippen LogP contribution >= 0.6 is 0 Å². The summed E-state index contributed by atoms with van der Waals surface area (Å²) < 4.78 is 1.92. The monoisotopic (exact) mass is 242 g/mol. The van der Waals surface area contributed by atoms with Crippen LogP contribution in [0.2, 0.25) is 0 Å². The third kappa shape index (κ3) is 2.16. The third-order valence-corrected chi connectivity index (χ3v) is 3.38. The first-order chi connectivity index (χ1) is 8.78. The van der Waals surface area contributed by atoms with Crippen LogP contribution < -0.4 is 5.73 Å². The van der Waals surface area contributed by atoms with Gasteiger partial charge in [0.2, 0.25) is 0 Å². The molecule has 2 aromatic rings. The maximum absolute atomic E-state index is 5.55. The molecule has 18 heavy (non-hydrogen) atoms. The van der Waals surface area contributed by atoms with Gasteiger partial charge in [-0.05, 0) is 31.4 Å². The summed E-state index contributed by atoms with van der Waals surface area (Å²) in [5.41, 5.74) is 7.89. The lowest BCUT2D eigenvalue weighted by atomic mass is 10.1. The van der Waals surface area contributed by atoms with Gasteiger partial charge in [0, 0.05) is 18.5 Å². The summed E-state index contributed by atoms with van der Waals surface area (Å²) in [6, 6.07) is 8.37. The lowest BCUT2D eigenvalue weighted by Crippen LogP contribution is -2.02. The van der Waals surface area contributed by atoms with Crippen LogP contribution in [-0.2, 0) is 13.5 Å². The van der Waals surface area contributed by atoms with Crippen molar-refractivity contribution in [2.24, 2.45) is 12.8 Å². The van der Waals surface area contributed by atoms with Gasteiger partial charge >= 0.3 is 0 Å². The molecule has 1 aromatic carbocycles. The molecule has 1 saturated carbocycles. The fraction of sp³-hybridized carbons (Fsp3) is 0.429. The number of aromatic nitrogens is 3. The minimum Gasteiger partial charge on any atom is -0.330 e. The van der Waals surface area contributed by atoms with Crippen LogP contribution in [0.25, 0.3) is 11.4 Å². The highest BCUT2D eigenvalue weighted by Gasteiger charge is 2.28. The van der Waals surface area contributed by atoms with Crippen LogP contribution in [0.5, 0.6) is 0 Å². The molecule has 4 heteroatoms. The van der Waals surface area contributed by atoms with Gasteiger partial charge in [-0.25, -0.2) is 4.98 Å². The smallest absolute Gasteiger partial charge is 0.181 e. The number of aryl methyl sites for hydroxylation is 1. The number of benzene rings is 1. The largest absolute Gasteiger partial charge is 0.330 e. The summed E-state index contributed by atoms with van der Waals surface area (Å²) in [6.45, 7) is 0.688. The van der Waals surface area contributed by atoms with Gasteiger partial charge in [-0.3, -0.25) is 4.68 Å². The quantitative estimate of drug-likeness (QED) is 0.890. The summed E-state index contributed by atoms with van der Waals surface area (Å²) in [7, 11) is 1.98. The van der Waals surface area contributed by atoms with E-state index in [0.29, 0.717) is 12.5 Å². The average molecular weight is 242 g/mol. The lowest BCUT2D eigenvalue weighted by Gasteiger charge is -1.99. The minimum atomic E-state index is 0.632. The topological polar surface area (TPSA) is 56.7 Å². The van der Waals surface area contributed by atoms with E-state index in [-0.39, 0.29) is 0 Å². The van der Waals surface area contributed by atoms with E-state index < -0.39 is 0 Å². The van der Waals surface area contributed by atoms with Crippen molar-refractivity contribution in [2.75, 3.05) is 6.54 Å². The van der Waals surface area contributed by atoms with Crippen molar-refractivity contribution < 1.29 is 0 Å². The van der Waals surface area contributed by atoms with Gasteiger partial charge in [0.25, 0.3) is 0 Å². The van der Waals surface area contributed by atoms with Crippen molar-refractivity contribution in [1.29, 1.82) is 0 Å². The molecule has 0 amide bonds. The van der Waals surface area contributed by atoms with Crippen LogP contribution in [0.15, 0.2) is 24.3 Å². The fourth-order valence-corrected chi connectivity index (χ4v) is 2.20. The molecule has 1 aliphatic rings. The fourth-order valence-electron chi connectivity index (χ4n) is 2.20. The molecular formula is C14H18N4. The Balaban J connectivity index is 1.87. The van der Waals surface area contributed by atoms with Crippen LogP contribution in [0, 0.1) is 0 Å². The summed E-state index contributed by atoms with van der Waals surface area (Å²) >= 11 is 0. The second kappa shape index (κ2) is 4.53. The van der Waals surface area contributed by atoms with E-state index in [1.807, 2.05) is 11.7 Å². The number of rotatable bonds is 4. The summed E-state index contributed by atoms with van der Waals surface area (Å²) in [4.78, 5) is 4.64. The van der Waals surface area contributed by atoms with Crippen molar-refractivity contribution in [2.45, 2.75) is 25.2 Å². The predicted molar refractivity (Wildman–Crippen MR) is 71.2 cm³/mol. The Morgan fingerprint density at radius 2 is 2.00 bits per heavy atom. The van der Waals surface area contributed by atoms with E-state index in [0.717, 1.165) is 23.6 Å². The molecule has 0 saturated heterocycles. The van der Waals surface area contributed by atoms with E-state index in [4.69, 9.17) is 5.73 Å². The number of nitrogens with two attached hydrogens (primary N) is 1. The molecule has 1 fully saturated rings. The first kappa shape index (κ1) is 11.4. The minimum absolute atomic E-state index is 0.632. The Morgan fingerprint density at radius 3 is 2.61 bits per heavy atom. The average Bonchev–Trinajstić information content (AvgIpc) is 3.14. The third-order valence-electron chi connectivity index (χ3n) is 3.38. The molecule has 1 aliphatic carbocycles. The van der Waals surface area contributed by atoms with E-state index in [9.17, 15) is 0 Å². The van der Waals surface area contributed by atoms with E-state index in [1.165, 1.54) is 18.4 Å². The second-order valence-corrected chi connectivity index (χ2v) is 4.93. The zero-order valence-electron chi connectivity index (χ0n) is 10.6. The molecule has 0 bridgehead atoms. The second-order valence-electron chi connectivity index (χ2n) is 4.93. The van der Waals surface area contributed by atoms with Crippen LogP contribution in [-0.4, -0.2) is 21.3 Å². The van der Waals surface area contributed by atoms with Crippen LogP contribution in [0.1, 0.15) is 30.1 Å². The van der Waals surface area contributed by atoms with E-state index >= 15 is 0 Å². The summed E-state index contributed by atoms with van der Waals surface area (Å²) in [5.74, 6) is 2.59. The van der Waals surface area contributed by atoms with E-state index in [1.54, 1.807) is 0 Å². The van der Waals surface area contributed by atoms with Gasteiger partial charge < -0.3 is 5.73 Å². The molecule has 4 nitrogen and oxygen atoms in total. The normalized spacial score (nSPS) is 15.0. The van der Waals surface area contributed by atoms with Crippen molar-refractivity contribution in [3.63, 3.8) is 0 Å². The highest BCUT2D eigenvalue weighted by Crippen LogP contribution is 2.39. The van der Waals surface area contributed by atoms with Crippen molar-refractivity contribution in [1.82, 2.24) is 14.8 Å². The molecule has 2 N–H and O–H groups in total. The highest BCUT2D eigenvalue weighted by molar-refractivity contribution is 5.55. The Morgan fingerprint density at radius 1 is 1.28 bits per heavy atom. The Hall–Kier alpha value is -1.68. The number of nitrogens with zero attached hydrogens (tertiary/aromatic N) is 3. The molecule has 0 radical (unpaired) electrons. The van der Waals surface area contributed by atoms with Crippen LogP contribution in [0.3, 0.4) is 0 Å². The number of hydrogen-bond donors (Lipinski definition) is 1. The molecule has 1 heterocycles. The molecule has 0 aliphatic heterocycles. The van der Waals surface area contributed by atoms with Crippen molar-refractivity contribution in [3.05, 3.63) is 35.7 Å². The zero-order chi connectivity index (χ0) is 12.5. The Bertz CT molecular complexity index is 537. The predicted octanol–water partition coefficient (Wildman–Crippen LogP) is 1.86. The molecule has 3 rings (SSSR count). The summed E-state index contributed by atoms with van der Waals surface area (Å²) in [5, 5.41) is 4.50. The molecule has 94 valence electrons. The van der Waals surface area contributed by atoms with Gasteiger partial charge in [-0.2, -0.15) is 5.10 Å². The molecular weight excluding hydrogens is 224 g/mol. The molecule has 0 spiro atoms. The van der Waals surface area contributed by atoms with Crippen molar-refractivity contribution in [3.8, 4) is 11.4 Å². The maximum atomic E-state index is 5.55. The lowest BCUT2D eigenvalue weighted by molar-refractivity contribution is 0.705. The van der Waals surface area contributed by atoms with Crippen molar-refractivity contribution >= 4 is 0 Å². The molecule has 0 atom stereocenters. The maximum Gasteiger partial charge on any atom is 0.181 e. The highest BCUT2D eigenvalue weighted by atomic mass is 15.3. The SMILES string of the molecule is Cn1nc(-c2ccc(CCN)cc2)nc1C1CC1. The molecule has 1 aromatic heterocycles. The molecule has 0 unspecified atom stereocenters. The first-order valence-electron chi connectivity index (χ1n) is 6.48. The van der Waals surface area contributed by atoms with Gasteiger partial charge in [-0.15, -0.1) is 0 Å². The van der Waals surface area contributed by atoms with Gasteiger partial charge in [0.05, 0.1) is 0 Å². The first-order valence-corrected chi connectivity index (χ1v) is 6.48. The van der Waals surface area contributed by atoms with E-state index in [2.05, 4.69) is 34.3 Å². The zero-order valence-corrected chi connectivity index (χ0v) is 10.6. The van der Waals surface area contributed by atoms with Crippen LogP contribution in [0.4, 0.5) is 0 Å². The Labute approximate surface area is 107 Å². The Kier molecular flexibility index (Phi) is 2.88. The van der Waals surface area contributed by atoms with Gasteiger partial charge in [0.15, 0.2) is 5.82 Å². The van der Waals surface area contributed by atoms with Gasteiger partial charge in [0.1, 0.15) is 5.82 Å². The number of hydrogen-bond acceptors (Lipinski definition) is 3. The summed E-state index contributed by atoms with van der Waals surface area (Å²) in [6.07, 6.45) is 3.42. The van der Waals surface area contributed by atoms with Gasteiger partial charge in [-0.1, -0.05) is 24.3 Å². The standard InChI is InChI=1S/C14H18N4/c1-18-14(12-6-7-12)16-13(17-18)11-4-2-10(3-5-11)8-9-15/h2-5,12H,6-9,15H2,1H3.